The largest absolute Gasteiger partial charge is 0.493 e. The Morgan fingerprint density at radius 2 is 1.69 bits per heavy atom. The van der Waals surface area contributed by atoms with Gasteiger partial charge in [0, 0.05) is 25.0 Å². The molecule has 0 saturated carbocycles. The van der Waals surface area contributed by atoms with Crippen molar-refractivity contribution in [2.24, 2.45) is 0 Å². The number of hydrogen-bond donors (Lipinski definition) is 1. The van der Waals surface area contributed by atoms with Crippen molar-refractivity contribution in [2.45, 2.75) is 26.8 Å². The molecule has 0 radical (unpaired) electrons. The van der Waals surface area contributed by atoms with E-state index in [4.69, 9.17) is 14.5 Å². The highest BCUT2D eigenvalue weighted by atomic mass is 16.5. The van der Waals surface area contributed by atoms with Crippen LogP contribution in [0.4, 0.5) is 17.5 Å². The first-order valence-corrected chi connectivity index (χ1v) is 9.73. The van der Waals surface area contributed by atoms with Crippen molar-refractivity contribution in [3.05, 3.63) is 64.8 Å². The number of ether oxygens (including phenoxy) is 2. The van der Waals surface area contributed by atoms with Gasteiger partial charge in [-0.05, 0) is 72.9 Å². The molecule has 1 N–H and O–H groups in total. The maximum absolute atomic E-state index is 5.47. The van der Waals surface area contributed by atoms with Gasteiger partial charge in [0.2, 0.25) is 5.95 Å². The van der Waals surface area contributed by atoms with Gasteiger partial charge in [-0.3, -0.25) is 0 Å². The van der Waals surface area contributed by atoms with Gasteiger partial charge in [-0.2, -0.15) is 4.98 Å². The molecule has 3 aromatic rings. The molecular formula is C23H26N4O2. The van der Waals surface area contributed by atoms with E-state index in [2.05, 4.69) is 59.4 Å². The first-order valence-electron chi connectivity index (χ1n) is 9.73. The Balaban J connectivity index is 1.55. The lowest BCUT2D eigenvalue weighted by Crippen LogP contribution is -2.31. The Bertz CT molecular complexity index is 1040. The summed E-state index contributed by atoms with van der Waals surface area (Å²) in [6.45, 7) is 5.87. The Labute approximate surface area is 171 Å². The molecule has 2 heterocycles. The summed E-state index contributed by atoms with van der Waals surface area (Å²) in [5.74, 6) is 3.05. The second-order valence-corrected chi connectivity index (χ2v) is 7.31. The molecule has 1 aromatic heterocycles. The molecule has 150 valence electrons. The molecule has 6 nitrogen and oxygen atoms in total. The van der Waals surface area contributed by atoms with E-state index in [0.717, 1.165) is 42.5 Å². The molecule has 0 fully saturated rings. The van der Waals surface area contributed by atoms with E-state index in [-0.39, 0.29) is 0 Å². The third-order valence-electron chi connectivity index (χ3n) is 5.45. The van der Waals surface area contributed by atoms with E-state index in [1.807, 2.05) is 6.07 Å². The van der Waals surface area contributed by atoms with Gasteiger partial charge < -0.3 is 19.7 Å². The summed E-state index contributed by atoms with van der Waals surface area (Å²) in [6, 6.07) is 12.4. The minimum absolute atomic E-state index is 0.601. The fourth-order valence-electron chi connectivity index (χ4n) is 3.61. The number of methoxy groups -OCH3 is 2. The van der Waals surface area contributed by atoms with Gasteiger partial charge >= 0.3 is 0 Å². The Kier molecular flexibility index (Phi) is 5.25. The highest BCUT2D eigenvalue weighted by Crippen LogP contribution is 2.34. The molecule has 0 aliphatic carbocycles. The van der Waals surface area contributed by atoms with Crippen molar-refractivity contribution in [3.63, 3.8) is 0 Å². The van der Waals surface area contributed by atoms with Crippen molar-refractivity contribution in [1.82, 2.24) is 9.97 Å². The third kappa shape index (κ3) is 3.97. The molecule has 0 bridgehead atoms. The highest BCUT2D eigenvalue weighted by Gasteiger charge is 2.20. The monoisotopic (exact) mass is 390 g/mol. The summed E-state index contributed by atoms with van der Waals surface area (Å²) in [6.07, 6.45) is 2.73. The lowest BCUT2D eigenvalue weighted by molar-refractivity contribution is 0.353. The number of anilines is 3. The number of nitrogens with zero attached hydrogens (tertiary/aromatic N) is 3. The minimum Gasteiger partial charge on any atom is -0.493 e. The summed E-state index contributed by atoms with van der Waals surface area (Å²) in [7, 11) is 3.34. The van der Waals surface area contributed by atoms with Crippen LogP contribution in [-0.4, -0.2) is 30.7 Å². The summed E-state index contributed by atoms with van der Waals surface area (Å²) in [4.78, 5) is 11.4. The van der Waals surface area contributed by atoms with Crippen molar-refractivity contribution in [3.8, 4) is 11.5 Å². The normalized spacial score (nSPS) is 13.0. The van der Waals surface area contributed by atoms with E-state index in [1.54, 1.807) is 20.4 Å². The molecule has 6 heteroatoms. The lowest BCUT2D eigenvalue weighted by Gasteiger charge is -2.30. The molecule has 0 spiro atoms. The second kappa shape index (κ2) is 7.99. The van der Waals surface area contributed by atoms with Crippen molar-refractivity contribution in [1.29, 1.82) is 0 Å². The van der Waals surface area contributed by atoms with Gasteiger partial charge in [0.15, 0.2) is 11.5 Å². The van der Waals surface area contributed by atoms with E-state index >= 15 is 0 Å². The van der Waals surface area contributed by atoms with Crippen LogP contribution in [0.15, 0.2) is 42.6 Å². The highest BCUT2D eigenvalue weighted by molar-refractivity contribution is 5.58. The SMILES string of the molecule is COc1cc2c(cc1OC)CN(c1ccnc(Nc3ccc(C)c(C)c3)n1)CC2. The lowest BCUT2D eigenvalue weighted by atomic mass is 9.99. The maximum Gasteiger partial charge on any atom is 0.229 e. The van der Waals surface area contributed by atoms with Crippen LogP contribution in [0.3, 0.4) is 0 Å². The predicted molar refractivity (Wildman–Crippen MR) is 116 cm³/mol. The standard InChI is InChI=1S/C23H26N4O2/c1-15-5-6-19(11-16(15)2)25-23-24-9-7-22(26-23)27-10-8-17-12-20(28-3)21(29-4)13-18(17)14-27/h5-7,9,11-13H,8,10,14H2,1-4H3,(H,24,25,26). The molecule has 4 rings (SSSR count). The summed E-state index contributed by atoms with van der Waals surface area (Å²) < 4.78 is 10.9. The summed E-state index contributed by atoms with van der Waals surface area (Å²) >= 11 is 0. The molecule has 29 heavy (non-hydrogen) atoms. The molecule has 0 atom stereocenters. The Morgan fingerprint density at radius 3 is 2.41 bits per heavy atom. The molecular weight excluding hydrogens is 364 g/mol. The molecule has 1 aliphatic rings. The minimum atomic E-state index is 0.601. The Morgan fingerprint density at radius 1 is 0.931 bits per heavy atom. The predicted octanol–water partition coefficient (Wildman–Crippen LogP) is 4.42. The first-order chi connectivity index (χ1) is 14.1. The van der Waals surface area contributed by atoms with Gasteiger partial charge in [-0.1, -0.05) is 6.07 Å². The average Bonchev–Trinajstić information content (AvgIpc) is 2.75. The van der Waals surface area contributed by atoms with Gasteiger partial charge in [0.25, 0.3) is 0 Å². The zero-order valence-electron chi connectivity index (χ0n) is 17.3. The van der Waals surface area contributed by atoms with E-state index in [9.17, 15) is 0 Å². The summed E-state index contributed by atoms with van der Waals surface area (Å²) in [5, 5.41) is 3.32. The van der Waals surface area contributed by atoms with Crippen LogP contribution in [0.2, 0.25) is 0 Å². The van der Waals surface area contributed by atoms with E-state index < -0.39 is 0 Å². The molecule has 0 amide bonds. The molecule has 0 saturated heterocycles. The quantitative estimate of drug-likeness (QED) is 0.696. The average molecular weight is 390 g/mol. The van der Waals surface area contributed by atoms with Crippen LogP contribution in [0.5, 0.6) is 11.5 Å². The zero-order chi connectivity index (χ0) is 20.4. The van der Waals surface area contributed by atoms with Gasteiger partial charge in [0.05, 0.1) is 14.2 Å². The third-order valence-corrected chi connectivity index (χ3v) is 5.45. The topological polar surface area (TPSA) is 59.5 Å². The van der Waals surface area contributed by atoms with Crippen LogP contribution < -0.4 is 19.7 Å². The van der Waals surface area contributed by atoms with Crippen molar-refractivity contribution in [2.75, 3.05) is 31.0 Å². The number of nitrogens with one attached hydrogen (secondary N) is 1. The van der Waals surface area contributed by atoms with Crippen molar-refractivity contribution < 1.29 is 9.47 Å². The number of aryl methyl sites for hydroxylation is 2. The van der Waals surface area contributed by atoms with Gasteiger partial charge in [-0.25, -0.2) is 4.98 Å². The zero-order valence-corrected chi connectivity index (χ0v) is 17.3. The summed E-state index contributed by atoms with van der Waals surface area (Å²) in [5.41, 5.74) is 6.02. The fraction of sp³-hybridized carbons (Fsp3) is 0.304. The number of fused-ring (bicyclic) bond motifs is 1. The number of hydrogen-bond acceptors (Lipinski definition) is 6. The first kappa shape index (κ1) is 19.1. The van der Waals surface area contributed by atoms with E-state index in [0.29, 0.717) is 5.95 Å². The van der Waals surface area contributed by atoms with Crippen molar-refractivity contribution >= 4 is 17.5 Å². The number of aromatic nitrogens is 2. The van der Waals surface area contributed by atoms with Crippen LogP contribution in [0, 0.1) is 13.8 Å². The Hall–Kier alpha value is -3.28. The number of benzene rings is 2. The molecule has 1 aliphatic heterocycles. The maximum atomic E-state index is 5.47. The second-order valence-electron chi connectivity index (χ2n) is 7.31. The van der Waals surface area contributed by atoms with Crippen LogP contribution in [0.1, 0.15) is 22.3 Å². The van der Waals surface area contributed by atoms with Gasteiger partial charge in [0.1, 0.15) is 5.82 Å². The van der Waals surface area contributed by atoms with E-state index in [1.165, 1.54) is 22.3 Å². The van der Waals surface area contributed by atoms with Crippen LogP contribution in [0.25, 0.3) is 0 Å². The van der Waals surface area contributed by atoms with Crippen LogP contribution >= 0.6 is 0 Å². The van der Waals surface area contributed by atoms with Gasteiger partial charge in [-0.15, -0.1) is 0 Å². The fourth-order valence-corrected chi connectivity index (χ4v) is 3.61. The molecule has 2 aromatic carbocycles. The van der Waals surface area contributed by atoms with Crippen LogP contribution in [-0.2, 0) is 13.0 Å². The smallest absolute Gasteiger partial charge is 0.229 e. The number of rotatable bonds is 5. The molecule has 0 unspecified atom stereocenters.